The molecule has 1 aromatic carbocycles. The zero-order valence-electron chi connectivity index (χ0n) is 10.3. The number of carbonyl (C=O) groups is 1. The number of nitrogens with one attached hydrogen (secondary N) is 2. The van der Waals surface area contributed by atoms with E-state index in [4.69, 9.17) is 28.6 Å². The average molecular weight is 297 g/mol. The maximum absolute atomic E-state index is 11.9. The van der Waals surface area contributed by atoms with Crippen molar-refractivity contribution in [2.75, 3.05) is 7.11 Å². The number of hydrogen-bond acceptors (Lipinski definition) is 3. The fourth-order valence-corrected chi connectivity index (χ4v) is 2.42. The van der Waals surface area contributed by atoms with Gasteiger partial charge in [-0.1, -0.05) is 30.3 Å². The summed E-state index contributed by atoms with van der Waals surface area (Å²) in [7, 11) is 1.35. The van der Waals surface area contributed by atoms with Crippen molar-refractivity contribution in [2.45, 2.75) is 6.04 Å². The second kappa shape index (κ2) is 5.59. The molecule has 1 aromatic rings. The number of ether oxygens (including phenoxy) is 1. The largest absolute Gasteiger partial charge is 0.468 e. The molecule has 100 valence electrons. The summed E-state index contributed by atoms with van der Waals surface area (Å²) in [4.78, 5) is 11.9. The van der Waals surface area contributed by atoms with Gasteiger partial charge in [0, 0.05) is 10.7 Å². The van der Waals surface area contributed by atoms with Crippen LogP contribution in [0.2, 0.25) is 5.02 Å². The average Bonchev–Trinajstić information content (AvgIpc) is 2.38. The van der Waals surface area contributed by atoms with Crippen molar-refractivity contribution in [1.82, 2.24) is 10.6 Å². The van der Waals surface area contributed by atoms with Crippen molar-refractivity contribution in [3.8, 4) is 0 Å². The van der Waals surface area contributed by atoms with Gasteiger partial charge in [0.1, 0.15) is 5.92 Å². The molecule has 19 heavy (non-hydrogen) atoms. The summed E-state index contributed by atoms with van der Waals surface area (Å²) < 4.78 is 4.82. The third kappa shape index (κ3) is 2.88. The molecule has 0 spiro atoms. The molecule has 4 nitrogen and oxygen atoms in total. The monoisotopic (exact) mass is 296 g/mol. The number of methoxy groups -OCH3 is 1. The molecule has 6 heteroatoms. The highest BCUT2D eigenvalue weighted by Gasteiger charge is 2.37. The first-order valence-electron chi connectivity index (χ1n) is 5.62. The molecule has 1 heterocycles. The minimum absolute atomic E-state index is 0.314. The highest BCUT2D eigenvalue weighted by atomic mass is 35.5. The Morgan fingerprint density at radius 1 is 1.42 bits per heavy atom. The van der Waals surface area contributed by atoms with Gasteiger partial charge in [-0.25, -0.2) is 0 Å². The number of carbonyl (C=O) groups excluding carboxylic acids is 1. The molecule has 2 N–H and O–H groups in total. The lowest BCUT2D eigenvalue weighted by Gasteiger charge is -2.34. The Balaban J connectivity index is 2.37. The standard InChI is InChI=1S/C13H13ClN2O2S/c1-7-10(12(17)18-2)11(16-13(19)15-7)8-3-5-9(14)6-4-8/h3-6,10-11H,1H2,2H3,(H2,15,16,19). The van der Waals surface area contributed by atoms with Gasteiger partial charge in [-0.05, 0) is 29.9 Å². The second-order valence-electron chi connectivity index (χ2n) is 4.15. The van der Waals surface area contributed by atoms with Crippen molar-refractivity contribution >= 4 is 34.9 Å². The molecular weight excluding hydrogens is 284 g/mol. The van der Waals surface area contributed by atoms with E-state index in [1.54, 1.807) is 12.1 Å². The Hall–Kier alpha value is -1.59. The van der Waals surface area contributed by atoms with E-state index < -0.39 is 5.92 Å². The van der Waals surface area contributed by atoms with Gasteiger partial charge in [-0.15, -0.1) is 0 Å². The predicted octanol–water partition coefficient (Wildman–Crippen LogP) is 2.16. The van der Waals surface area contributed by atoms with Crippen LogP contribution >= 0.6 is 23.8 Å². The van der Waals surface area contributed by atoms with Crippen molar-refractivity contribution < 1.29 is 9.53 Å². The molecule has 0 amide bonds. The van der Waals surface area contributed by atoms with Crippen LogP contribution in [-0.2, 0) is 9.53 Å². The lowest BCUT2D eigenvalue weighted by atomic mass is 9.89. The molecule has 1 aliphatic heterocycles. The van der Waals surface area contributed by atoms with Crippen molar-refractivity contribution in [1.29, 1.82) is 0 Å². The highest BCUT2D eigenvalue weighted by molar-refractivity contribution is 7.80. The molecule has 0 radical (unpaired) electrons. The second-order valence-corrected chi connectivity index (χ2v) is 5.00. The molecule has 0 aromatic heterocycles. The Kier molecular flexibility index (Phi) is 4.07. The van der Waals surface area contributed by atoms with Crippen LogP contribution in [0.1, 0.15) is 11.6 Å². The third-order valence-electron chi connectivity index (χ3n) is 2.95. The van der Waals surface area contributed by atoms with Gasteiger partial charge < -0.3 is 15.4 Å². The van der Waals surface area contributed by atoms with Gasteiger partial charge in [0.15, 0.2) is 5.11 Å². The quantitative estimate of drug-likeness (QED) is 0.647. The van der Waals surface area contributed by atoms with Crippen molar-refractivity contribution in [3.63, 3.8) is 0 Å². The zero-order valence-corrected chi connectivity index (χ0v) is 11.8. The molecule has 2 atom stereocenters. The van der Waals surface area contributed by atoms with Crippen LogP contribution in [0, 0.1) is 5.92 Å². The first-order valence-corrected chi connectivity index (χ1v) is 6.41. The van der Waals surface area contributed by atoms with Crippen LogP contribution in [0.4, 0.5) is 0 Å². The molecule has 2 unspecified atom stereocenters. The van der Waals surface area contributed by atoms with E-state index in [1.165, 1.54) is 7.11 Å². The minimum atomic E-state index is -0.544. The van der Waals surface area contributed by atoms with E-state index in [1.807, 2.05) is 12.1 Å². The summed E-state index contributed by atoms with van der Waals surface area (Å²) in [5, 5.41) is 6.99. The van der Waals surface area contributed by atoms with E-state index in [2.05, 4.69) is 17.2 Å². The molecule has 1 saturated heterocycles. The first-order chi connectivity index (χ1) is 9.02. The van der Waals surface area contributed by atoms with E-state index in [0.717, 1.165) is 5.56 Å². The Labute approximate surface area is 121 Å². The molecule has 1 fully saturated rings. The van der Waals surface area contributed by atoms with Crippen LogP contribution in [0.15, 0.2) is 36.5 Å². The van der Waals surface area contributed by atoms with Crippen molar-refractivity contribution in [3.05, 3.63) is 47.1 Å². The van der Waals surface area contributed by atoms with Gasteiger partial charge in [-0.2, -0.15) is 0 Å². The Morgan fingerprint density at radius 2 is 2.05 bits per heavy atom. The van der Waals surface area contributed by atoms with Crippen LogP contribution < -0.4 is 10.6 Å². The fourth-order valence-electron chi connectivity index (χ4n) is 2.04. The maximum Gasteiger partial charge on any atom is 0.317 e. The minimum Gasteiger partial charge on any atom is -0.468 e. The van der Waals surface area contributed by atoms with Gasteiger partial charge >= 0.3 is 5.97 Å². The summed E-state index contributed by atoms with van der Waals surface area (Å²) in [6.45, 7) is 3.84. The Bertz CT molecular complexity index is 530. The summed E-state index contributed by atoms with van der Waals surface area (Å²) in [6, 6.07) is 6.90. The van der Waals surface area contributed by atoms with Crippen LogP contribution in [0.5, 0.6) is 0 Å². The predicted molar refractivity (Wildman–Crippen MR) is 77.7 cm³/mol. The molecule has 1 aliphatic rings. The zero-order chi connectivity index (χ0) is 14.0. The lowest BCUT2D eigenvalue weighted by molar-refractivity contribution is -0.145. The number of esters is 1. The lowest BCUT2D eigenvalue weighted by Crippen LogP contribution is -2.50. The smallest absolute Gasteiger partial charge is 0.317 e. The fraction of sp³-hybridized carbons (Fsp3) is 0.231. The normalized spacial score (nSPS) is 22.4. The van der Waals surface area contributed by atoms with Crippen molar-refractivity contribution in [2.24, 2.45) is 5.92 Å². The maximum atomic E-state index is 11.9. The summed E-state index contributed by atoms with van der Waals surface area (Å²) in [5.74, 6) is -0.912. The summed E-state index contributed by atoms with van der Waals surface area (Å²) in [5.41, 5.74) is 1.42. The summed E-state index contributed by atoms with van der Waals surface area (Å²) >= 11 is 11.0. The van der Waals surface area contributed by atoms with E-state index in [9.17, 15) is 4.79 Å². The van der Waals surface area contributed by atoms with Gasteiger partial charge in [-0.3, -0.25) is 4.79 Å². The van der Waals surface area contributed by atoms with Gasteiger partial charge in [0.2, 0.25) is 0 Å². The number of thiocarbonyl (C=S) groups is 1. The topological polar surface area (TPSA) is 50.4 Å². The number of halogens is 1. The molecule has 0 saturated carbocycles. The van der Waals surface area contributed by atoms with Crippen LogP contribution in [0.25, 0.3) is 0 Å². The Morgan fingerprint density at radius 3 is 2.63 bits per heavy atom. The van der Waals surface area contributed by atoms with E-state index in [-0.39, 0.29) is 12.0 Å². The molecular formula is C13H13ClN2O2S. The van der Waals surface area contributed by atoms with Gasteiger partial charge in [0.05, 0.1) is 13.2 Å². The van der Waals surface area contributed by atoms with Gasteiger partial charge in [0.25, 0.3) is 0 Å². The highest BCUT2D eigenvalue weighted by Crippen LogP contribution is 2.30. The summed E-state index contributed by atoms with van der Waals surface area (Å²) in [6.07, 6.45) is 0. The SMILES string of the molecule is C=C1NC(=S)NC(c2ccc(Cl)cc2)C1C(=O)OC. The molecule has 2 rings (SSSR count). The molecule has 0 aliphatic carbocycles. The van der Waals surface area contributed by atoms with Crippen LogP contribution in [0.3, 0.4) is 0 Å². The number of rotatable bonds is 2. The number of benzene rings is 1. The van der Waals surface area contributed by atoms with Crippen LogP contribution in [-0.4, -0.2) is 18.2 Å². The third-order valence-corrected chi connectivity index (χ3v) is 3.43. The van der Waals surface area contributed by atoms with E-state index >= 15 is 0 Å². The molecule has 0 bridgehead atoms. The van der Waals surface area contributed by atoms with E-state index in [0.29, 0.717) is 15.8 Å². The number of hydrogen-bond donors (Lipinski definition) is 2. The first kappa shape index (κ1) is 13.8.